The highest BCUT2D eigenvalue weighted by Gasteiger charge is 2.35. The number of hydrogen-bond donors (Lipinski definition) is 0. The van der Waals surface area contributed by atoms with Crippen LogP contribution in [0.4, 0.5) is 5.69 Å². The third-order valence-electron chi connectivity index (χ3n) is 6.72. The molecule has 1 aliphatic carbocycles. The number of anilines is 1. The summed E-state index contributed by atoms with van der Waals surface area (Å²) in [5, 5.41) is 5.70. The first-order chi connectivity index (χ1) is 15.6. The number of nitrogens with zero attached hydrogens (tertiary/aromatic N) is 4. The van der Waals surface area contributed by atoms with Crippen LogP contribution in [0.5, 0.6) is 0 Å². The third kappa shape index (κ3) is 3.11. The van der Waals surface area contributed by atoms with Gasteiger partial charge in [-0.05, 0) is 56.4 Å². The zero-order valence-electron chi connectivity index (χ0n) is 18.5. The van der Waals surface area contributed by atoms with Crippen molar-refractivity contribution in [2.45, 2.75) is 51.6 Å². The number of amides is 1. The minimum Gasteiger partial charge on any atom is -0.305 e. The van der Waals surface area contributed by atoms with Crippen LogP contribution in [-0.4, -0.2) is 26.7 Å². The molecule has 0 unspecified atom stereocenters. The highest BCUT2D eigenvalue weighted by Crippen LogP contribution is 2.41. The van der Waals surface area contributed by atoms with E-state index < -0.39 is 0 Å². The SMILES string of the molecule is Cc1nn(Cc2ccccc2)c2nc(C3CC3)cc(C(=O)N3c4ccccc4C[C@@H]3C)c12. The van der Waals surface area contributed by atoms with Crippen molar-refractivity contribution in [3.05, 3.63) is 88.7 Å². The van der Waals surface area contributed by atoms with Crippen LogP contribution in [0.3, 0.4) is 0 Å². The molecule has 1 fully saturated rings. The van der Waals surface area contributed by atoms with Crippen LogP contribution in [0.2, 0.25) is 0 Å². The molecule has 2 aliphatic rings. The van der Waals surface area contributed by atoms with Crippen molar-refractivity contribution in [1.82, 2.24) is 14.8 Å². The Balaban J connectivity index is 1.50. The summed E-state index contributed by atoms with van der Waals surface area (Å²) >= 11 is 0. The number of carbonyl (C=O) groups is 1. The number of aromatic nitrogens is 3. The molecule has 0 radical (unpaired) electrons. The van der Waals surface area contributed by atoms with Gasteiger partial charge in [-0.1, -0.05) is 48.5 Å². The van der Waals surface area contributed by atoms with Crippen LogP contribution in [0.15, 0.2) is 60.7 Å². The van der Waals surface area contributed by atoms with Crippen molar-refractivity contribution >= 4 is 22.6 Å². The molecule has 4 aromatic rings. The maximum Gasteiger partial charge on any atom is 0.259 e. The lowest BCUT2D eigenvalue weighted by molar-refractivity contribution is 0.0983. The molecule has 3 heterocycles. The zero-order chi connectivity index (χ0) is 21.8. The Kier molecular flexibility index (Phi) is 4.39. The van der Waals surface area contributed by atoms with Gasteiger partial charge in [-0.2, -0.15) is 5.10 Å². The molecule has 1 aliphatic heterocycles. The van der Waals surface area contributed by atoms with E-state index in [1.165, 1.54) is 11.1 Å². The van der Waals surface area contributed by atoms with Gasteiger partial charge in [0.2, 0.25) is 0 Å². The third-order valence-corrected chi connectivity index (χ3v) is 6.72. The average molecular weight is 423 g/mol. The average Bonchev–Trinajstić information content (AvgIpc) is 3.53. The number of fused-ring (bicyclic) bond motifs is 2. The van der Waals surface area contributed by atoms with E-state index in [1.54, 1.807) is 0 Å². The normalized spacial score (nSPS) is 17.7. The fourth-order valence-electron chi connectivity index (χ4n) is 5.00. The Labute approximate surface area is 187 Å². The fraction of sp³-hybridized carbons (Fsp3) is 0.296. The topological polar surface area (TPSA) is 51.0 Å². The Bertz CT molecular complexity index is 1340. The molecular formula is C27H26N4O. The lowest BCUT2D eigenvalue weighted by Crippen LogP contribution is -2.36. The van der Waals surface area contributed by atoms with Gasteiger partial charge >= 0.3 is 0 Å². The van der Waals surface area contributed by atoms with E-state index in [4.69, 9.17) is 10.1 Å². The summed E-state index contributed by atoms with van der Waals surface area (Å²) in [6.45, 7) is 4.76. The van der Waals surface area contributed by atoms with Crippen molar-refractivity contribution in [3.63, 3.8) is 0 Å². The first-order valence-corrected chi connectivity index (χ1v) is 11.4. The summed E-state index contributed by atoms with van der Waals surface area (Å²) in [6.07, 6.45) is 3.17. The highest BCUT2D eigenvalue weighted by molar-refractivity contribution is 6.15. The van der Waals surface area contributed by atoms with E-state index in [-0.39, 0.29) is 11.9 Å². The van der Waals surface area contributed by atoms with E-state index in [0.717, 1.165) is 52.9 Å². The molecule has 2 aromatic heterocycles. The Morgan fingerprint density at radius 1 is 1.06 bits per heavy atom. The number of aryl methyl sites for hydroxylation is 1. The van der Waals surface area contributed by atoms with Crippen molar-refractivity contribution in [2.24, 2.45) is 0 Å². The lowest BCUT2D eigenvalue weighted by Gasteiger charge is -2.23. The van der Waals surface area contributed by atoms with Gasteiger partial charge in [0, 0.05) is 23.3 Å². The monoisotopic (exact) mass is 422 g/mol. The van der Waals surface area contributed by atoms with Gasteiger partial charge in [0.1, 0.15) is 0 Å². The maximum atomic E-state index is 14.0. The quantitative estimate of drug-likeness (QED) is 0.451. The summed E-state index contributed by atoms with van der Waals surface area (Å²) < 4.78 is 1.96. The number of rotatable bonds is 4. The molecule has 0 bridgehead atoms. The van der Waals surface area contributed by atoms with Crippen molar-refractivity contribution in [2.75, 3.05) is 4.90 Å². The number of pyridine rings is 1. The highest BCUT2D eigenvalue weighted by atomic mass is 16.2. The molecule has 1 saturated carbocycles. The summed E-state index contributed by atoms with van der Waals surface area (Å²) in [7, 11) is 0. The Hall–Kier alpha value is -3.47. The molecule has 5 heteroatoms. The Morgan fingerprint density at radius 3 is 2.59 bits per heavy atom. The molecule has 1 atom stereocenters. The van der Waals surface area contributed by atoms with Crippen molar-refractivity contribution in [1.29, 1.82) is 0 Å². The fourth-order valence-corrected chi connectivity index (χ4v) is 5.00. The molecule has 0 saturated heterocycles. The maximum absolute atomic E-state index is 14.0. The van der Waals surface area contributed by atoms with E-state index in [1.807, 2.05) is 52.9 Å². The lowest BCUT2D eigenvalue weighted by atomic mass is 10.1. The van der Waals surface area contributed by atoms with Gasteiger partial charge in [0.25, 0.3) is 5.91 Å². The van der Waals surface area contributed by atoms with Gasteiger partial charge in [-0.25, -0.2) is 9.67 Å². The number of benzene rings is 2. The number of carbonyl (C=O) groups excluding carboxylic acids is 1. The van der Waals surface area contributed by atoms with Crippen molar-refractivity contribution in [3.8, 4) is 0 Å². The van der Waals surface area contributed by atoms with Gasteiger partial charge in [-0.3, -0.25) is 4.79 Å². The first-order valence-electron chi connectivity index (χ1n) is 11.4. The molecule has 1 amide bonds. The molecule has 0 N–H and O–H groups in total. The Morgan fingerprint density at radius 2 is 1.81 bits per heavy atom. The van der Waals surface area contributed by atoms with Crippen LogP contribution in [0.25, 0.3) is 11.0 Å². The standard InChI is InChI=1S/C27H26N4O/c1-17-14-21-10-6-7-11-24(21)31(17)27(32)22-15-23(20-12-13-20)28-26-25(22)18(2)29-30(26)16-19-8-4-3-5-9-19/h3-11,15,17,20H,12-14,16H2,1-2H3/t17-/m0/s1. The molecular weight excluding hydrogens is 396 g/mol. The molecule has 0 spiro atoms. The minimum atomic E-state index is 0.0547. The summed E-state index contributed by atoms with van der Waals surface area (Å²) in [5.41, 5.74) is 6.86. The zero-order valence-corrected chi connectivity index (χ0v) is 18.5. The second-order valence-corrected chi connectivity index (χ2v) is 9.15. The molecule has 5 nitrogen and oxygen atoms in total. The van der Waals surface area contributed by atoms with E-state index in [9.17, 15) is 4.79 Å². The van der Waals surface area contributed by atoms with E-state index >= 15 is 0 Å². The van der Waals surface area contributed by atoms with Crippen LogP contribution < -0.4 is 4.90 Å². The van der Waals surface area contributed by atoms with Crippen LogP contribution in [0, 0.1) is 6.92 Å². The number of para-hydroxylation sites is 1. The van der Waals surface area contributed by atoms with Gasteiger partial charge in [-0.15, -0.1) is 0 Å². The van der Waals surface area contributed by atoms with E-state index in [0.29, 0.717) is 12.5 Å². The first kappa shape index (κ1) is 19.2. The number of hydrogen-bond acceptors (Lipinski definition) is 3. The van der Waals surface area contributed by atoms with Gasteiger partial charge in [0.15, 0.2) is 5.65 Å². The van der Waals surface area contributed by atoms with Crippen LogP contribution >= 0.6 is 0 Å². The van der Waals surface area contributed by atoms with Crippen molar-refractivity contribution < 1.29 is 4.79 Å². The minimum absolute atomic E-state index is 0.0547. The summed E-state index contributed by atoms with van der Waals surface area (Å²) in [6, 6.07) is 20.7. The van der Waals surface area contributed by atoms with Gasteiger partial charge in [0.05, 0.1) is 23.2 Å². The van der Waals surface area contributed by atoms with Crippen LogP contribution in [0.1, 0.15) is 58.6 Å². The second kappa shape index (κ2) is 7.30. The van der Waals surface area contributed by atoms with Crippen LogP contribution in [-0.2, 0) is 13.0 Å². The smallest absolute Gasteiger partial charge is 0.259 e. The predicted octanol–water partition coefficient (Wildman–Crippen LogP) is 5.26. The second-order valence-electron chi connectivity index (χ2n) is 9.15. The molecule has 32 heavy (non-hydrogen) atoms. The predicted molar refractivity (Wildman–Crippen MR) is 126 cm³/mol. The summed E-state index contributed by atoms with van der Waals surface area (Å²) in [5.74, 6) is 0.508. The molecule has 6 rings (SSSR count). The molecule has 2 aromatic carbocycles. The largest absolute Gasteiger partial charge is 0.305 e. The summed E-state index contributed by atoms with van der Waals surface area (Å²) in [4.78, 5) is 21.0. The molecule has 160 valence electrons. The van der Waals surface area contributed by atoms with Gasteiger partial charge < -0.3 is 4.90 Å². The van der Waals surface area contributed by atoms with E-state index in [2.05, 4.69) is 31.2 Å².